The molecule has 0 amide bonds. The summed E-state index contributed by atoms with van der Waals surface area (Å²) in [4.78, 5) is 0. The Kier molecular flexibility index (Phi) is 5.50. The van der Waals surface area contributed by atoms with Crippen LogP contribution in [-0.2, 0) is 4.74 Å². The average Bonchev–Trinajstić information content (AvgIpc) is 2.28. The summed E-state index contributed by atoms with van der Waals surface area (Å²) >= 11 is 0. The summed E-state index contributed by atoms with van der Waals surface area (Å²) in [7, 11) is 1.75. The summed E-state index contributed by atoms with van der Waals surface area (Å²) < 4.78 is 5.20. The van der Waals surface area contributed by atoms with Crippen LogP contribution in [0.5, 0.6) is 0 Å². The molecule has 16 heavy (non-hydrogen) atoms. The van der Waals surface area contributed by atoms with Gasteiger partial charge in [-0.1, -0.05) is 31.2 Å². The Morgan fingerprint density at radius 1 is 1.31 bits per heavy atom. The van der Waals surface area contributed by atoms with Crippen molar-refractivity contribution in [3.63, 3.8) is 0 Å². The van der Waals surface area contributed by atoms with E-state index in [9.17, 15) is 0 Å². The van der Waals surface area contributed by atoms with Gasteiger partial charge in [-0.15, -0.1) is 0 Å². The molecule has 0 heterocycles. The Labute approximate surface area is 99.0 Å². The molecule has 0 bridgehead atoms. The van der Waals surface area contributed by atoms with E-state index in [0.717, 1.165) is 13.0 Å². The van der Waals surface area contributed by atoms with Gasteiger partial charge in [-0.25, -0.2) is 0 Å². The maximum Gasteiger partial charge on any atom is 0.0615 e. The van der Waals surface area contributed by atoms with Crippen LogP contribution < -0.4 is 5.32 Å². The molecule has 2 atom stereocenters. The SMILES string of the molecule is CCC(COC)N[C@@H](C)c1ccccc1C. The van der Waals surface area contributed by atoms with Crippen LogP contribution in [0, 0.1) is 6.92 Å². The molecule has 1 aromatic carbocycles. The van der Waals surface area contributed by atoms with Gasteiger partial charge in [0, 0.05) is 19.2 Å². The monoisotopic (exact) mass is 221 g/mol. The molecule has 90 valence electrons. The third-order valence-electron chi connectivity index (χ3n) is 3.00. The van der Waals surface area contributed by atoms with Crippen LogP contribution in [0.2, 0.25) is 0 Å². The van der Waals surface area contributed by atoms with Gasteiger partial charge >= 0.3 is 0 Å². The van der Waals surface area contributed by atoms with E-state index >= 15 is 0 Å². The molecule has 0 radical (unpaired) electrons. The lowest BCUT2D eigenvalue weighted by Gasteiger charge is -2.23. The molecular formula is C14H23NO. The summed E-state index contributed by atoms with van der Waals surface area (Å²) in [5.74, 6) is 0. The number of nitrogens with one attached hydrogen (secondary N) is 1. The molecule has 0 fully saturated rings. The van der Waals surface area contributed by atoms with Crippen LogP contribution in [0.4, 0.5) is 0 Å². The van der Waals surface area contributed by atoms with Gasteiger partial charge in [0.2, 0.25) is 0 Å². The lowest BCUT2D eigenvalue weighted by molar-refractivity contribution is 0.159. The third-order valence-corrected chi connectivity index (χ3v) is 3.00. The molecule has 1 rings (SSSR count). The van der Waals surface area contributed by atoms with Crippen molar-refractivity contribution >= 4 is 0 Å². The fourth-order valence-electron chi connectivity index (χ4n) is 2.00. The van der Waals surface area contributed by atoms with Crippen molar-refractivity contribution in [1.82, 2.24) is 5.32 Å². The molecule has 0 aliphatic carbocycles. The number of rotatable bonds is 6. The highest BCUT2D eigenvalue weighted by molar-refractivity contribution is 5.28. The van der Waals surface area contributed by atoms with Crippen molar-refractivity contribution < 1.29 is 4.74 Å². The molecule has 0 spiro atoms. The maximum absolute atomic E-state index is 5.20. The molecule has 0 aliphatic rings. The second kappa shape index (κ2) is 6.66. The maximum atomic E-state index is 5.20. The van der Waals surface area contributed by atoms with Crippen LogP contribution in [0.3, 0.4) is 0 Å². The van der Waals surface area contributed by atoms with Gasteiger partial charge in [-0.2, -0.15) is 0 Å². The zero-order chi connectivity index (χ0) is 12.0. The second-order valence-electron chi connectivity index (χ2n) is 4.31. The molecule has 0 aromatic heterocycles. The summed E-state index contributed by atoms with van der Waals surface area (Å²) in [6.45, 7) is 7.32. The van der Waals surface area contributed by atoms with E-state index in [2.05, 4.69) is 50.4 Å². The molecule has 2 nitrogen and oxygen atoms in total. The number of ether oxygens (including phenoxy) is 1. The highest BCUT2D eigenvalue weighted by Crippen LogP contribution is 2.17. The molecule has 0 aliphatic heterocycles. The van der Waals surface area contributed by atoms with E-state index in [1.54, 1.807) is 7.11 Å². The van der Waals surface area contributed by atoms with Crippen LogP contribution >= 0.6 is 0 Å². The minimum atomic E-state index is 0.376. The Morgan fingerprint density at radius 2 is 2.00 bits per heavy atom. The Hall–Kier alpha value is -0.860. The summed E-state index contributed by atoms with van der Waals surface area (Å²) in [5, 5.41) is 3.60. The van der Waals surface area contributed by atoms with Crippen molar-refractivity contribution in [2.45, 2.75) is 39.3 Å². The predicted molar refractivity (Wildman–Crippen MR) is 68.7 cm³/mol. The highest BCUT2D eigenvalue weighted by Gasteiger charge is 2.12. The largest absolute Gasteiger partial charge is 0.383 e. The smallest absolute Gasteiger partial charge is 0.0615 e. The Morgan fingerprint density at radius 3 is 2.56 bits per heavy atom. The van der Waals surface area contributed by atoms with Crippen molar-refractivity contribution in [1.29, 1.82) is 0 Å². The fraction of sp³-hybridized carbons (Fsp3) is 0.571. The van der Waals surface area contributed by atoms with Gasteiger partial charge in [0.15, 0.2) is 0 Å². The van der Waals surface area contributed by atoms with Crippen molar-refractivity contribution in [2.24, 2.45) is 0 Å². The Bertz CT molecular complexity index is 311. The second-order valence-corrected chi connectivity index (χ2v) is 4.31. The van der Waals surface area contributed by atoms with E-state index in [4.69, 9.17) is 4.74 Å². The number of hydrogen-bond donors (Lipinski definition) is 1. The number of benzene rings is 1. The molecule has 1 unspecified atom stereocenters. The first-order valence-corrected chi connectivity index (χ1v) is 5.99. The molecule has 1 N–H and O–H groups in total. The third kappa shape index (κ3) is 3.62. The zero-order valence-electron chi connectivity index (χ0n) is 10.8. The van der Waals surface area contributed by atoms with Gasteiger partial charge in [0.25, 0.3) is 0 Å². The lowest BCUT2D eigenvalue weighted by atomic mass is 10.0. The first kappa shape index (κ1) is 13.2. The van der Waals surface area contributed by atoms with Crippen LogP contribution in [0.15, 0.2) is 24.3 Å². The number of aryl methyl sites for hydroxylation is 1. The lowest BCUT2D eigenvalue weighted by Crippen LogP contribution is -2.34. The number of hydrogen-bond acceptors (Lipinski definition) is 2. The standard InChI is InChI=1S/C14H23NO/c1-5-13(10-16-4)15-12(3)14-9-7-6-8-11(14)2/h6-9,12-13,15H,5,10H2,1-4H3/t12-,13?/m0/s1. The van der Waals surface area contributed by atoms with E-state index < -0.39 is 0 Å². The summed E-state index contributed by atoms with van der Waals surface area (Å²) in [6, 6.07) is 9.33. The van der Waals surface area contributed by atoms with Gasteiger partial charge in [-0.3, -0.25) is 0 Å². The van der Waals surface area contributed by atoms with E-state index in [0.29, 0.717) is 12.1 Å². The fourth-order valence-corrected chi connectivity index (χ4v) is 2.00. The van der Waals surface area contributed by atoms with Crippen molar-refractivity contribution in [3.8, 4) is 0 Å². The predicted octanol–water partition coefficient (Wildman–Crippen LogP) is 3.07. The topological polar surface area (TPSA) is 21.3 Å². The molecule has 1 aromatic rings. The van der Waals surface area contributed by atoms with E-state index in [1.807, 2.05) is 0 Å². The highest BCUT2D eigenvalue weighted by atomic mass is 16.5. The normalized spacial score (nSPS) is 14.8. The summed E-state index contributed by atoms with van der Waals surface area (Å²) in [5.41, 5.74) is 2.71. The number of methoxy groups -OCH3 is 1. The minimum absolute atomic E-state index is 0.376. The quantitative estimate of drug-likeness (QED) is 0.797. The van der Waals surface area contributed by atoms with E-state index in [1.165, 1.54) is 11.1 Å². The first-order chi connectivity index (χ1) is 7.69. The van der Waals surface area contributed by atoms with Crippen LogP contribution in [0.1, 0.15) is 37.4 Å². The van der Waals surface area contributed by atoms with Gasteiger partial charge in [0.05, 0.1) is 6.61 Å². The van der Waals surface area contributed by atoms with Crippen LogP contribution in [-0.4, -0.2) is 19.8 Å². The van der Waals surface area contributed by atoms with Crippen LogP contribution in [0.25, 0.3) is 0 Å². The zero-order valence-corrected chi connectivity index (χ0v) is 10.8. The molecule has 2 heteroatoms. The van der Waals surface area contributed by atoms with Gasteiger partial charge in [-0.05, 0) is 31.4 Å². The minimum Gasteiger partial charge on any atom is -0.383 e. The van der Waals surface area contributed by atoms with Crippen molar-refractivity contribution in [3.05, 3.63) is 35.4 Å². The molecule has 0 saturated heterocycles. The average molecular weight is 221 g/mol. The van der Waals surface area contributed by atoms with Crippen molar-refractivity contribution in [2.75, 3.05) is 13.7 Å². The molecule has 0 saturated carbocycles. The van der Waals surface area contributed by atoms with Gasteiger partial charge < -0.3 is 10.1 Å². The first-order valence-electron chi connectivity index (χ1n) is 5.99. The van der Waals surface area contributed by atoms with Gasteiger partial charge in [0.1, 0.15) is 0 Å². The van der Waals surface area contributed by atoms with E-state index in [-0.39, 0.29) is 0 Å². The summed E-state index contributed by atoms with van der Waals surface area (Å²) in [6.07, 6.45) is 1.09. The Balaban J connectivity index is 2.64. The molecular weight excluding hydrogens is 198 g/mol.